The molecule has 1 fully saturated rings. The molecule has 0 aromatic carbocycles. The summed E-state index contributed by atoms with van der Waals surface area (Å²) < 4.78 is 0. The Morgan fingerprint density at radius 1 is 1.47 bits per heavy atom. The Morgan fingerprint density at radius 2 is 2.27 bits per heavy atom. The molecule has 15 heavy (non-hydrogen) atoms. The average molecular weight is 228 g/mol. The highest BCUT2D eigenvalue weighted by atomic mass is 35.5. The summed E-state index contributed by atoms with van der Waals surface area (Å²) in [5.41, 5.74) is 0.832. The summed E-state index contributed by atoms with van der Waals surface area (Å²) in [4.78, 5) is 8.00. The zero-order chi connectivity index (χ0) is 10.8. The molecule has 1 aliphatic carbocycles. The minimum absolute atomic E-state index is 0.0923. The maximum Gasteiger partial charge on any atom is 0.137 e. The summed E-state index contributed by atoms with van der Waals surface area (Å²) in [5.74, 6) is 0.723. The fraction of sp³-hybridized carbons (Fsp3) is 0.600. The molecule has 0 bridgehead atoms. The van der Waals surface area contributed by atoms with Gasteiger partial charge in [-0.25, -0.2) is 9.97 Å². The lowest BCUT2D eigenvalue weighted by Gasteiger charge is -2.18. The lowest BCUT2D eigenvalue weighted by Crippen LogP contribution is -2.28. The van der Waals surface area contributed by atoms with Gasteiger partial charge < -0.3 is 10.4 Å². The fourth-order valence-corrected chi connectivity index (χ4v) is 1.99. The summed E-state index contributed by atoms with van der Waals surface area (Å²) >= 11 is 5.88. The van der Waals surface area contributed by atoms with Gasteiger partial charge in [0.2, 0.25) is 0 Å². The van der Waals surface area contributed by atoms with Gasteiger partial charge in [0.05, 0.1) is 12.1 Å². The van der Waals surface area contributed by atoms with Gasteiger partial charge in [-0.2, -0.15) is 0 Å². The van der Waals surface area contributed by atoms with Gasteiger partial charge in [-0.05, 0) is 26.2 Å². The minimum atomic E-state index is -0.279. The van der Waals surface area contributed by atoms with Crippen LogP contribution >= 0.6 is 11.6 Å². The summed E-state index contributed by atoms with van der Waals surface area (Å²) in [6, 6.07) is 0.0923. The molecule has 1 saturated carbocycles. The van der Waals surface area contributed by atoms with Crippen LogP contribution in [0, 0.1) is 6.92 Å². The highest BCUT2D eigenvalue weighted by molar-refractivity contribution is 6.30. The first kappa shape index (κ1) is 10.6. The van der Waals surface area contributed by atoms with Crippen LogP contribution in [0.15, 0.2) is 6.33 Å². The molecule has 0 spiro atoms. The monoisotopic (exact) mass is 227 g/mol. The molecule has 0 amide bonds. The highest BCUT2D eigenvalue weighted by Crippen LogP contribution is 2.25. The first-order valence-electron chi connectivity index (χ1n) is 5.10. The van der Waals surface area contributed by atoms with Gasteiger partial charge in [0.15, 0.2) is 0 Å². The van der Waals surface area contributed by atoms with Crippen molar-refractivity contribution in [2.24, 2.45) is 0 Å². The minimum Gasteiger partial charge on any atom is -0.391 e. The summed E-state index contributed by atoms with van der Waals surface area (Å²) in [7, 11) is 0. The first-order chi connectivity index (χ1) is 7.18. The number of nitrogens with one attached hydrogen (secondary N) is 1. The smallest absolute Gasteiger partial charge is 0.137 e. The van der Waals surface area contributed by atoms with E-state index in [1.807, 2.05) is 6.92 Å². The Hall–Kier alpha value is -0.870. The number of hydrogen-bond donors (Lipinski definition) is 2. The predicted octanol–water partition coefficient (Wildman–Crippen LogP) is 1.76. The number of halogens is 1. The molecule has 1 aromatic rings. The Bertz CT molecular complexity index is 359. The zero-order valence-electron chi connectivity index (χ0n) is 8.57. The van der Waals surface area contributed by atoms with Gasteiger partial charge in [-0.15, -0.1) is 0 Å². The molecule has 5 heteroatoms. The number of aliphatic hydroxyl groups excluding tert-OH is 1. The maximum absolute atomic E-state index is 9.67. The summed E-state index contributed by atoms with van der Waals surface area (Å²) in [5, 5.41) is 13.3. The van der Waals surface area contributed by atoms with E-state index in [0.29, 0.717) is 5.15 Å². The van der Waals surface area contributed by atoms with E-state index in [9.17, 15) is 5.11 Å². The average Bonchev–Trinajstić information content (AvgIpc) is 2.60. The van der Waals surface area contributed by atoms with Crippen LogP contribution in [0.25, 0.3) is 0 Å². The lowest BCUT2D eigenvalue weighted by atomic mass is 10.2. The van der Waals surface area contributed by atoms with Crippen LogP contribution in [0.4, 0.5) is 5.82 Å². The van der Waals surface area contributed by atoms with Crippen LogP contribution in [-0.2, 0) is 0 Å². The van der Waals surface area contributed by atoms with Crippen molar-refractivity contribution in [1.29, 1.82) is 0 Å². The van der Waals surface area contributed by atoms with Crippen molar-refractivity contribution >= 4 is 17.4 Å². The molecule has 0 aliphatic heterocycles. The number of rotatable bonds is 2. The fourth-order valence-electron chi connectivity index (χ4n) is 1.86. The number of aliphatic hydroxyl groups is 1. The van der Waals surface area contributed by atoms with E-state index in [1.54, 1.807) is 0 Å². The molecule has 2 unspecified atom stereocenters. The van der Waals surface area contributed by atoms with Gasteiger partial charge >= 0.3 is 0 Å². The molecule has 82 valence electrons. The Balaban J connectivity index is 2.13. The SMILES string of the molecule is Cc1c(Cl)ncnc1NC1CCCC1O. The molecule has 2 rings (SSSR count). The van der Waals surface area contributed by atoms with Crippen molar-refractivity contribution in [1.82, 2.24) is 9.97 Å². The van der Waals surface area contributed by atoms with Gasteiger partial charge in [-0.1, -0.05) is 11.6 Å². The molecule has 1 aliphatic rings. The third-order valence-corrected chi connectivity index (χ3v) is 3.21. The third kappa shape index (κ3) is 2.21. The number of anilines is 1. The zero-order valence-corrected chi connectivity index (χ0v) is 9.33. The van der Waals surface area contributed by atoms with Crippen molar-refractivity contribution in [3.05, 3.63) is 17.0 Å². The van der Waals surface area contributed by atoms with Gasteiger partial charge in [0.1, 0.15) is 17.3 Å². The Morgan fingerprint density at radius 3 is 2.93 bits per heavy atom. The molecular weight excluding hydrogens is 214 g/mol. The maximum atomic E-state index is 9.67. The molecule has 4 nitrogen and oxygen atoms in total. The van der Waals surface area contributed by atoms with E-state index < -0.39 is 0 Å². The van der Waals surface area contributed by atoms with Crippen molar-refractivity contribution in [2.45, 2.75) is 38.3 Å². The quantitative estimate of drug-likeness (QED) is 0.756. The highest BCUT2D eigenvalue weighted by Gasteiger charge is 2.25. The Kier molecular flexibility index (Phi) is 3.07. The second-order valence-electron chi connectivity index (χ2n) is 3.89. The molecule has 2 atom stereocenters. The van der Waals surface area contributed by atoms with Crippen LogP contribution in [0.1, 0.15) is 24.8 Å². The lowest BCUT2D eigenvalue weighted by molar-refractivity contribution is 0.171. The van der Waals surface area contributed by atoms with E-state index in [1.165, 1.54) is 6.33 Å². The van der Waals surface area contributed by atoms with Gasteiger partial charge in [-0.3, -0.25) is 0 Å². The van der Waals surface area contributed by atoms with E-state index in [2.05, 4.69) is 15.3 Å². The van der Waals surface area contributed by atoms with Crippen LogP contribution in [0.5, 0.6) is 0 Å². The van der Waals surface area contributed by atoms with E-state index >= 15 is 0 Å². The normalized spacial score (nSPS) is 25.5. The van der Waals surface area contributed by atoms with Crippen molar-refractivity contribution in [3.63, 3.8) is 0 Å². The van der Waals surface area contributed by atoms with Crippen LogP contribution in [0.2, 0.25) is 5.15 Å². The largest absolute Gasteiger partial charge is 0.391 e. The Labute approximate surface area is 93.7 Å². The van der Waals surface area contributed by atoms with Crippen molar-refractivity contribution < 1.29 is 5.11 Å². The first-order valence-corrected chi connectivity index (χ1v) is 5.48. The molecule has 2 N–H and O–H groups in total. The summed E-state index contributed by atoms with van der Waals surface area (Å²) in [6.07, 6.45) is 4.03. The molecule has 0 radical (unpaired) electrons. The van der Waals surface area contributed by atoms with Gasteiger partial charge in [0, 0.05) is 5.56 Å². The summed E-state index contributed by atoms with van der Waals surface area (Å²) in [6.45, 7) is 1.87. The van der Waals surface area contributed by atoms with E-state index in [0.717, 1.165) is 30.6 Å². The second kappa shape index (κ2) is 4.33. The van der Waals surface area contributed by atoms with E-state index in [-0.39, 0.29) is 12.1 Å². The molecule has 0 saturated heterocycles. The van der Waals surface area contributed by atoms with Crippen LogP contribution in [-0.4, -0.2) is 27.2 Å². The van der Waals surface area contributed by atoms with Crippen LogP contribution < -0.4 is 5.32 Å². The second-order valence-corrected chi connectivity index (χ2v) is 4.25. The van der Waals surface area contributed by atoms with E-state index in [4.69, 9.17) is 11.6 Å². The van der Waals surface area contributed by atoms with Crippen LogP contribution in [0.3, 0.4) is 0 Å². The van der Waals surface area contributed by atoms with Gasteiger partial charge in [0.25, 0.3) is 0 Å². The number of aromatic nitrogens is 2. The standard InChI is InChI=1S/C10H14ClN3O/c1-6-9(11)12-5-13-10(6)14-7-3-2-4-8(7)15/h5,7-8,15H,2-4H2,1H3,(H,12,13,14). The number of nitrogens with zero attached hydrogens (tertiary/aromatic N) is 2. The molecule has 1 heterocycles. The predicted molar refractivity (Wildman–Crippen MR) is 59.0 cm³/mol. The third-order valence-electron chi connectivity index (χ3n) is 2.82. The number of hydrogen-bond acceptors (Lipinski definition) is 4. The molecular formula is C10H14ClN3O. The topological polar surface area (TPSA) is 58.0 Å². The van der Waals surface area contributed by atoms with Crippen molar-refractivity contribution in [3.8, 4) is 0 Å². The van der Waals surface area contributed by atoms with Crippen molar-refractivity contribution in [2.75, 3.05) is 5.32 Å². The molecule has 1 aromatic heterocycles.